The Hall–Kier alpha value is -7.70. The van der Waals surface area contributed by atoms with Gasteiger partial charge in [0.25, 0.3) is 5.56 Å². The topological polar surface area (TPSA) is 279 Å². The highest BCUT2D eigenvalue weighted by Gasteiger charge is 2.38. The Morgan fingerprint density at radius 1 is 0.790 bits per heavy atom. The minimum Gasteiger partial charge on any atom is -0.506 e. The Morgan fingerprint density at radius 2 is 1.39 bits per heavy atom. The number of piperazine rings is 1. The molecule has 19 heteroatoms. The lowest BCUT2D eigenvalue weighted by atomic mass is 9.91. The molecule has 0 aliphatic carbocycles. The molecular formula is C43H37N3O16. The fourth-order valence-electron chi connectivity index (χ4n) is 8.06. The predicted octanol–water partition coefficient (Wildman–Crippen LogP) is 1.39. The summed E-state index contributed by atoms with van der Waals surface area (Å²) < 4.78 is 17.6. The minimum atomic E-state index is -1.43. The number of nitrogens with zero attached hydrogens (tertiary/aromatic N) is 2. The van der Waals surface area contributed by atoms with Crippen LogP contribution < -0.4 is 46.8 Å². The van der Waals surface area contributed by atoms with Crippen LogP contribution in [0.15, 0.2) is 54.3 Å². The number of phenols is 1. The molecule has 0 saturated carbocycles. The Morgan fingerprint density at radius 3 is 1.97 bits per heavy atom. The zero-order valence-corrected chi connectivity index (χ0v) is 33.7. The lowest BCUT2D eigenvalue weighted by Crippen LogP contribution is -2.63. The van der Waals surface area contributed by atoms with Crippen molar-refractivity contribution in [1.82, 2.24) is 14.8 Å². The monoisotopic (exact) mass is 851 g/mol. The van der Waals surface area contributed by atoms with E-state index in [1.165, 1.54) is 38.1 Å². The summed E-state index contributed by atoms with van der Waals surface area (Å²) in [7, 11) is 1.14. The molecule has 1 fully saturated rings. The number of pyridine rings is 1. The fraction of sp³-hybridized carbons (Fsp3) is 0.302. The Kier molecular flexibility index (Phi) is 10.8. The third-order valence-electron chi connectivity index (χ3n) is 11.3. The average Bonchev–Trinajstić information content (AvgIpc) is 3.23. The van der Waals surface area contributed by atoms with Gasteiger partial charge in [-0.25, -0.2) is 9.59 Å². The summed E-state index contributed by atoms with van der Waals surface area (Å²) >= 11 is 0. The number of methoxy groups -OCH3 is 1. The van der Waals surface area contributed by atoms with Crippen molar-refractivity contribution in [2.75, 3.05) is 26.9 Å². The van der Waals surface area contributed by atoms with Crippen LogP contribution in [-0.2, 0) is 30.5 Å². The normalized spacial score (nSPS) is 15.9. The lowest BCUT2D eigenvalue weighted by Gasteiger charge is -2.36. The first-order valence-corrected chi connectivity index (χ1v) is 19.2. The molecule has 2 heterocycles. The van der Waals surface area contributed by atoms with E-state index in [1.807, 2.05) is 0 Å². The van der Waals surface area contributed by atoms with Crippen LogP contribution in [0.2, 0.25) is 0 Å². The van der Waals surface area contributed by atoms with Crippen molar-refractivity contribution < 1.29 is 53.5 Å². The van der Waals surface area contributed by atoms with Crippen LogP contribution >= 0.6 is 0 Å². The van der Waals surface area contributed by atoms with E-state index in [-0.39, 0.29) is 33.4 Å². The molecule has 1 saturated heterocycles. The lowest BCUT2D eigenvalue weighted by molar-refractivity contribution is -0.151. The van der Waals surface area contributed by atoms with Gasteiger partial charge in [0, 0.05) is 32.6 Å². The molecule has 1 aliphatic heterocycles. The zero-order valence-electron chi connectivity index (χ0n) is 33.7. The number of aromatic nitrogens is 1. The second kappa shape index (κ2) is 15.7. The highest BCUT2D eigenvalue weighted by molar-refractivity contribution is 6.23. The van der Waals surface area contributed by atoms with Crippen molar-refractivity contribution >= 4 is 83.4 Å². The first-order valence-electron chi connectivity index (χ1n) is 19.2. The van der Waals surface area contributed by atoms with E-state index in [0.717, 1.165) is 22.6 Å². The number of ether oxygens (including phenoxy) is 3. The van der Waals surface area contributed by atoms with Gasteiger partial charge in [0.1, 0.15) is 48.2 Å². The first kappa shape index (κ1) is 42.4. The Labute approximate surface area is 346 Å². The molecule has 7 rings (SSSR count). The number of carbonyl (C=O) groups excluding carboxylic acids is 3. The third kappa shape index (κ3) is 6.61. The molecule has 3 unspecified atom stereocenters. The summed E-state index contributed by atoms with van der Waals surface area (Å²) in [6.07, 6.45) is 0.404. The second-order valence-corrected chi connectivity index (χ2v) is 15.0. The number of Topliss-reactive ketones (excluding diaryl/α,β-unsaturated/α-hetero) is 1. The maximum atomic E-state index is 14.8. The zero-order chi connectivity index (χ0) is 45.2. The fourth-order valence-corrected chi connectivity index (χ4v) is 8.06. The molecule has 19 nitrogen and oxygen atoms in total. The van der Waals surface area contributed by atoms with Gasteiger partial charge in [0.15, 0.2) is 17.8 Å². The summed E-state index contributed by atoms with van der Waals surface area (Å²) in [5.41, 5.74) is -4.92. The number of carboxylic acids is 2. The molecule has 6 aromatic rings. The maximum Gasteiger partial charge on any atom is 0.341 e. The van der Waals surface area contributed by atoms with Gasteiger partial charge in [-0.05, 0) is 56.5 Å². The van der Waals surface area contributed by atoms with Gasteiger partial charge in [-0.1, -0.05) is 13.8 Å². The number of aromatic hydroxyl groups is 1. The molecule has 0 bridgehead atoms. The van der Waals surface area contributed by atoms with Gasteiger partial charge in [-0.2, -0.15) is 0 Å². The van der Waals surface area contributed by atoms with Crippen LogP contribution in [0.25, 0.3) is 53.9 Å². The van der Waals surface area contributed by atoms with Crippen LogP contribution in [0.5, 0.6) is 23.0 Å². The molecule has 320 valence electrons. The summed E-state index contributed by atoms with van der Waals surface area (Å²) in [5, 5.41) is 28.7. The summed E-state index contributed by atoms with van der Waals surface area (Å²) in [4.78, 5) is 136. The van der Waals surface area contributed by atoms with E-state index >= 15 is 0 Å². The van der Waals surface area contributed by atoms with E-state index in [2.05, 4.69) is 5.32 Å². The number of hydrogen-bond acceptors (Lipinski definition) is 14. The molecule has 1 aromatic heterocycles. The SMILES string of the molecule is CCC(C)c1cc2c(=O)c3ccc4c(OC)c5c(=O)c6c(OCC(C)=O)ccc(OCC(=O)O)c6c(=O)c5c(O)c4c3c(=O)c2c(=O)n1CC(=O)N1CC(C(=O)O)NC(=O)C1C. The smallest absolute Gasteiger partial charge is 0.341 e. The van der Waals surface area contributed by atoms with Gasteiger partial charge >= 0.3 is 11.9 Å². The van der Waals surface area contributed by atoms with Crippen LogP contribution in [0.1, 0.15) is 45.7 Å². The van der Waals surface area contributed by atoms with E-state index < -0.39 is 150 Å². The van der Waals surface area contributed by atoms with Crippen LogP contribution in [0, 0.1) is 0 Å². The quantitative estimate of drug-likeness (QED) is 0.1000. The van der Waals surface area contributed by atoms with Crippen molar-refractivity contribution in [1.29, 1.82) is 0 Å². The number of carboxylic acid groups (broad SMARTS) is 2. The Bertz CT molecular complexity index is 3290. The van der Waals surface area contributed by atoms with E-state index in [0.29, 0.717) is 6.42 Å². The number of carbonyl (C=O) groups is 5. The predicted molar refractivity (Wildman–Crippen MR) is 223 cm³/mol. The van der Waals surface area contributed by atoms with Crippen molar-refractivity contribution in [3.8, 4) is 23.0 Å². The molecule has 2 amide bonds. The minimum absolute atomic E-state index is 0.140. The number of phenolic OH excluding ortho intramolecular Hbond substituents is 1. The largest absolute Gasteiger partial charge is 0.506 e. The van der Waals surface area contributed by atoms with E-state index in [9.17, 15) is 63.3 Å². The molecule has 0 radical (unpaired) electrons. The van der Waals surface area contributed by atoms with E-state index in [1.54, 1.807) is 13.8 Å². The first-order chi connectivity index (χ1) is 29.3. The molecule has 3 atom stereocenters. The second-order valence-electron chi connectivity index (χ2n) is 15.0. The number of rotatable bonds is 12. The molecular weight excluding hydrogens is 814 g/mol. The highest BCUT2D eigenvalue weighted by Crippen LogP contribution is 2.44. The highest BCUT2D eigenvalue weighted by atomic mass is 16.5. The Balaban J connectivity index is 1.58. The van der Waals surface area contributed by atoms with E-state index in [4.69, 9.17) is 14.2 Å². The van der Waals surface area contributed by atoms with Crippen molar-refractivity contribution in [2.24, 2.45) is 0 Å². The summed E-state index contributed by atoms with van der Waals surface area (Å²) in [6, 6.07) is 3.61. The van der Waals surface area contributed by atoms with Gasteiger partial charge in [-0.3, -0.25) is 38.4 Å². The number of amides is 2. The van der Waals surface area contributed by atoms with Crippen LogP contribution in [0.4, 0.5) is 0 Å². The van der Waals surface area contributed by atoms with Gasteiger partial charge in [0.05, 0.1) is 40.6 Å². The maximum absolute atomic E-state index is 14.8. The number of hydrogen-bond donors (Lipinski definition) is 4. The number of nitrogens with one attached hydrogen (secondary N) is 1. The molecule has 4 N–H and O–H groups in total. The van der Waals surface area contributed by atoms with Crippen molar-refractivity contribution in [3.05, 3.63) is 87.3 Å². The number of ketones is 1. The third-order valence-corrected chi connectivity index (χ3v) is 11.3. The molecule has 1 aliphatic rings. The number of aliphatic carboxylic acids is 2. The van der Waals surface area contributed by atoms with Crippen molar-refractivity contribution in [2.45, 2.75) is 58.7 Å². The van der Waals surface area contributed by atoms with Crippen molar-refractivity contribution in [3.63, 3.8) is 0 Å². The van der Waals surface area contributed by atoms with Crippen LogP contribution in [0.3, 0.4) is 0 Å². The van der Waals surface area contributed by atoms with Gasteiger partial charge in [-0.15, -0.1) is 0 Å². The molecule has 0 spiro atoms. The number of fused-ring (bicyclic) bond motifs is 6. The summed E-state index contributed by atoms with van der Waals surface area (Å²) in [6.45, 7) is 3.44. The number of benzene rings is 5. The van der Waals surface area contributed by atoms with Gasteiger partial charge < -0.3 is 44.3 Å². The summed E-state index contributed by atoms with van der Waals surface area (Å²) in [5.74, 6) is -7.28. The average molecular weight is 852 g/mol. The standard InChI is InChI=1S/C43H37N3O16/c1-6-16(2)23-11-21-30(42(57)46(23)13-26(48)45-12-22(43(58)59)44-41(56)18(45)4)36(52)28-19(35(21)51)7-8-20-29(28)37(53)33-34(40(20)60-5)39(55)32-24(61-14-17(3)47)9-10-25(31(32)38(33)54)62-15-27(49)50/h7-11,16,18,22,53H,6,12-15H2,1-5H3,(H,44,56)(H,49,50)(H,58,59). The van der Waals surface area contributed by atoms with Gasteiger partial charge in [0.2, 0.25) is 28.1 Å². The molecule has 62 heavy (non-hydrogen) atoms. The van der Waals surface area contributed by atoms with Crippen LogP contribution in [-0.4, -0.2) is 93.3 Å². The molecule has 5 aromatic carbocycles.